The van der Waals surface area contributed by atoms with Crippen LogP contribution < -0.4 is 24.4 Å². The summed E-state index contributed by atoms with van der Waals surface area (Å²) in [6.07, 6.45) is 0. The number of halogens is 1. The molecule has 1 saturated heterocycles. The van der Waals surface area contributed by atoms with Gasteiger partial charge in [-0.1, -0.05) is 0 Å². The second-order valence-electron chi connectivity index (χ2n) is 7.03. The van der Waals surface area contributed by atoms with Crippen molar-refractivity contribution in [2.75, 3.05) is 63.3 Å². The SMILES string of the molecule is CCOc1ccc(OCC)c(NC(=O)CN2CCN(c3ccc(OC)cc3)CC2)c1.Cl. The van der Waals surface area contributed by atoms with E-state index in [0.717, 1.165) is 31.9 Å². The lowest BCUT2D eigenvalue weighted by molar-refractivity contribution is -0.117. The maximum Gasteiger partial charge on any atom is 0.238 e. The Bertz CT molecular complexity index is 824. The molecule has 1 fully saturated rings. The third-order valence-electron chi connectivity index (χ3n) is 5.01. The molecule has 0 saturated carbocycles. The molecule has 0 aromatic heterocycles. The number of piperazine rings is 1. The van der Waals surface area contributed by atoms with Gasteiger partial charge < -0.3 is 24.4 Å². The Balaban J connectivity index is 0.00000341. The second kappa shape index (κ2) is 12.3. The predicted molar refractivity (Wildman–Crippen MR) is 126 cm³/mol. The Morgan fingerprint density at radius 2 is 1.58 bits per heavy atom. The van der Waals surface area contributed by atoms with Crippen LogP contribution in [0.5, 0.6) is 17.2 Å². The van der Waals surface area contributed by atoms with E-state index in [1.54, 1.807) is 7.11 Å². The lowest BCUT2D eigenvalue weighted by atomic mass is 10.2. The van der Waals surface area contributed by atoms with Crippen LogP contribution in [0.1, 0.15) is 13.8 Å². The van der Waals surface area contributed by atoms with Crippen LogP contribution in [0.2, 0.25) is 0 Å². The highest BCUT2D eigenvalue weighted by Gasteiger charge is 2.20. The number of nitrogens with one attached hydrogen (secondary N) is 1. The minimum absolute atomic E-state index is 0. The van der Waals surface area contributed by atoms with E-state index < -0.39 is 0 Å². The second-order valence-corrected chi connectivity index (χ2v) is 7.03. The summed E-state index contributed by atoms with van der Waals surface area (Å²) < 4.78 is 16.4. The molecule has 0 spiro atoms. The molecule has 3 rings (SSSR count). The summed E-state index contributed by atoms with van der Waals surface area (Å²) in [6, 6.07) is 13.6. The number of anilines is 2. The Morgan fingerprint density at radius 3 is 2.19 bits per heavy atom. The van der Waals surface area contributed by atoms with Gasteiger partial charge in [0.1, 0.15) is 17.2 Å². The third-order valence-corrected chi connectivity index (χ3v) is 5.01. The topological polar surface area (TPSA) is 63.3 Å². The van der Waals surface area contributed by atoms with Crippen molar-refractivity contribution in [2.45, 2.75) is 13.8 Å². The molecule has 1 aliphatic rings. The summed E-state index contributed by atoms with van der Waals surface area (Å²) in [6.45, 7) is 8.72. The Kier molecular flexibility index (Phi) is 9.75. The lowest BCUT2D eigenvalue weighted by Gasteiger charge is -2.35. The van der Waals surface area contributed by atoms with Crippen molar-refractivity contribution < 1.29 is 19.0 Å². The Hall–Kier alpha value is -2.64. The number of hydrogen-bond donors (Lipinski definition) is 1. The van der Waals surface area contributed by atoms with Crippen LogP contribution in [0.25, 0.3) is 0 Å². The third kappa shape index (κ3) is 6.94. The van der Waals surface area contributed by atoms with Gasteiger partial charge in [-0.2, -0.15) is 0 Å². The molecule has 8 heteroatoms. The van der Waals surface area contributed by atoms with Gasteiger partial charge in [0.25, 0.3) is 0 Å². The van der Waals surface area contributed by atoms with E-state index in [9.17, 15) is 4.79 Å². The largest absolute Gasteiger partial charge is 0.497 e. The summed E-state index contributed by atoms with van der Waals surface area (Å²) in [7, 11) is 1.67. The molecule has 1 heterocycles. The van der Waals surface area contributed by atoms with Gasteiger partial charge in [0.05, 0.1) is 32.6 Å². The molecule has 0 bridgehead atoms. The number of carbonyl (C=O) groups is 1. The van der Waals surface area contributed by atoms with Crippen molar-refractivity contribution >= 4 is 29.7 Å². The predicted octanol–water partition coefficient (Wildman–Crippen LogP) is 3.68. The molecule has 31 heavy (non-hydrogen) atoms. The fraction of sp³-hybridized carbons (Fsp3) is 0.435. The van der Waals surface area contributed by atoms with E-state index in [1.807, 2.05) is 44.2 Å². The smallest absolute Gasteiger partial charge is 0.238 e. The summed E-state index contributed by atoms with van der Waals surface area (Å²) in [5.74, 6) is 2.17. The van der Waals surface area contributed by atoms with Crippen LogP contribution in [0.3, 0.4) is 0 Å². The normalized spacial score (nSPS) is 13.8. The average Bonchev–Trinajstić information content (AvgIpc) is 2.76. The summed E-state index contributed by atoms with van der Waals surface area (Å²) >= 11 is 0. The first kappa shape index (κ1) is 24.6. The summed E-state index contributed by atoms with van der Waals surface area (Å²) in [5.41, 5.74) is 1.82. The van der Waals surface area contributed by atoms with Gasteiger partial charge >= 0.3 is 0 Å². The maximum atomic E-state index is 12.7. The molecule has 1 aliphatic heterocycles. The number of ether oxygens (including phenoxy) is 3. The molecule has 1 N–H and O–H groups in total. The molecule has 1 amide bonds. The summed E-state index contributed by atoms with van der Waals surface area (Å²) in [4.78, 5) is 17.1. The van der Waals surface area contributed by atoms with Crippen molar-refractivity contribution in [3.8, 4) is 17.2 Å². The molecule has 2 aromatic carbocycles. The minimum Gasteiger partial charge on any atom is -0.497 e. The fourth-order valence-corrected chi connectivity index (χ4v) is 3.49. The van der Waals surface area contributed by atoms with E-state index in [2.05, 4.69) is 27.2 Å². The van der Waals surface area contributed by atoms with Crippen molar-refractivity contribution in [3.05, 3.63) is 42.5 Å². The number of carbonyl (C=O) groups excluding carboxylic acids is 1. The van der Waals surface area contributed by atoms with Gasteiger partial charge in [-0.3, -0.25) is 9.69 Å². The molecule has 170 valence electrons. The van der Waals surface area contributed by atoms with Crippen molar-refractivity contribution in [1.82, 2.24) is 4.90 Å². The molecular weight excluding hydrogens is 418 g/mol. The zero-order valence-corrected chi connectivity index (χ0v) is 19.2. The number of rotatable bonds is 9. The number of hydrogen-bond acceptors (Lipinski definition) is 6. The zero-order valence-electron chi connectivity index (χ0n) is 18.4. The van der Waals surface area contributed by atoms with Gasteiger partial charge in [-0.25, -0.2) is 0 Å². The number of amides is 1. The Morgan fingerprint density at radius 1 is 0.935 bits per heavy atom. The fourth-order valence-electron chi connectivity index (χ4n) is 3.49. The van der Waals surface area contributed by atoms with Crippen molar-refractivity contribution in [3.63, 3.8) is 0 Å². The van der Waals surface area contributed by atoms with E-state index in [0.29, 0.717) is 36.9 Å². The van der Waals surface area contributed by atoms with Gasteiger partial charge in [-0.05, 0) is 50.2 Å². The Labute approximate surface area is 190 Å². The maximum absolute atomic E-state index is 12.7. The number of benzene rings is 2. The van der Waals surface area contributed by atoms with E-state index >= 15 is 0 Å². The van der Waals surface area contributed by atoms with Crippen LogP contribution in [0, 0.1) is 0 Å². The molecule has 2 aromatic rings. The number of nitrogens with zero attached hydrogens (tertiary/aromatic N) is 2. The first-order chi connectivity index (χ1) is 14.6. The van der Waals surface area contributed by atoms with Crippen LogP contribution in [0.15, 0.2) is 42.5 Å². The van der Waals surface area contributed by atoms with Gasteiger partial charge in [0, 0.05) is 37.9 Å². The lowest BCUT2D eigenvalue weighted by Crippen LogP contribution is -2.48. The first-order valence-corrected chi connectivity index (χ1v) is 10.4. The van der Waals surface area contributed by atoms with Crippen molar-refractivity contribution in [2.24, 2.45) is 0 Å². The standard InChI is InChI=1S/C23H31N3O4.ClH/c1-4-29-20-10-11-22(30-5-2)21(16-20)24-23(27)17-25-12-14-26(15-13-25)18-6-8-19(28-3)9-7-18;/h6-11,16H,4-5,12-15,17H2,1-3H3,(H,24,27);1H. The highest BCUT2D eigenvalue weighted by Crippen LogP contribution is 2.29. The summed E-state index contributed by atoms with van der Waals surface area (Å²) in [5, 5.41) is 2.98. The van der Waals surface area contributed by atoms with Crippen molar-refractivity contribution in [1.29, 1.82) is 0 Å². The van der Waals surface area contributed by atoms with E-state index in [-0.39, 0.29) is 18.3 Å². The minimum atomic E-state index is -0.0532. The quantitative estimate of drug-likeness (QED) is 0.630. The molecule has 7 nitrogen and oxygen atoms in total. The van der Waals surface area contributed by atoms with Crippen LogP contribution in [0.4, 0.5) is 11.4 Å². The molecule has 0 aliphatic carbocycles. The molecule has 0 radical (unpaired) electrons. The van der Waals surface area contributed by atoms with E-state index in [4.69, 9.17) is 14.2 Å². The van der Waals surface area contributed by atoms with Crippen LogP contribution in [-0.4, -0.2) is 63.9 Å². The van der Waals surface area contributed by atoms with Gasteiger partial charge in [0.15, 0.2) is 0 Å². The molecule has 0 atom stereocenters. The molecule has 0 unspecified atom stereocenters. The highest BCUT2D eigenvalue weighted by atomic mass is 35.5. The zero-order chi connectivity index (χ0) is 21.3. The van der Waals surface area contributed by atoms with Gasteiger partial charge in [0.2, 0.25) is 5.91 Å². The first-order valence-electron chi connectivity index (χ1n) is 10.4. The molecular formula is C23H32ClN3O4. The van der Waals surface area contributed by atoms with Crippen LogP contribution in [-0.2, 0) is 4.79 Å². The average molecular weight is 450 g/mol. The number of methoxy groups -OCH3 is 1. The highest BCUT2D eigenvalue weighted by molar-refractivity contribution is 5.94. The monoisotopic (exact) mass is 449 g/mol. The van der Waals surface area contributed by atoms with Gasteiger partial charge in [-0.15, -0.1) is 12.4 Å². The van der Waals surface area contributed by atoms with E-state index in [1.165, 1.54) is 5.69 Å². The van der Waals surface area contributed by atoms with Crippen LogP contribution >= 0.6 is 12.4 Å².